The molecule has 150 valence electrons. The zero-order valence-corrected chi connectivity index (χ0v) is 16.8. The van der Waals surface area contributed by atoms with Gasteiger partial charge in [0.1, 0.15) is 5.69 Å². The van der Waals surface area contributed by atoms with Crippen LogP contribution in [0.2, 0.25) is 0 Å². The number of nitrogens with one attached hydrogen (secondary N) is 1. The van der Waals surface area contributed by atoms with Crippen LogP contribution in [0.25, 0.3) is 0 Å². The molecule has 0 fully saturated rings. The van der Waals surface area contributed by atoms with Crippen LogP contribution in [-0.4, -0.2) is 35.2 Å². The zero-order valence-electron chi connectivity index (χ0n) is 15.2. The number of hydrogen-bond donors (Lipinski definition) is 1. The van der Waals surface area contributed by atoms with Crippen LogP contribution in [-0.2, 0) is 26.3 Å². The normalized spacial score (nSPS) is 11.8. The zero-order chi connectivity index (χ0) is 20.6. The van der Waals surface area contributed by atoms with Gasteiger partial charge in [0.15, 0.2) is 5.69 Å². The quantitative estimate of drug-likeness (QED) is 0.634. The van der Waals surface area contributed by atoms with E-state index in [0.29, 0.717) is 12.2 Å². The van der Waals surface area contributed by atoms with Crippen LogP contribution < -0.4 is 5.32 Å². The van der Waals surface area contributed by atoms with Gasteiger partial charge in [0.25, 0.3) is 5.91 Å². The van der Waals surface area contributed by atoms with Crippen molar-refractivity contribution in [2.24, 2.45) is 7.05 Å². The molecule has 0 aliphatic carbocycles. The molecule has 0 aromatic carbocycles. The van der Waals surface area contributed by atoms with E-state index >= 15 is 0 Å². The minimum absolute atomic E-state index is 0.236. The van der Waals surface area contributed by atoms with E-state index in [9.17, 15) is 18.0 Å². The summed E-state index contributed by atoms with van der Waals surface area (Å²) < 4.78 is 42.8. The van der Waals surface area contributed by atoms with Gasteiger partial charge in [-0.2, -0.15) is 28.5 Å². The van der Waals surface area contributed by atoms with Gasteiger partial charge < -0.3 is 5.32 Å². The molecule has 3 heterocycles. The molecule has 0 saturated heterocycles. The fraction of sp³-hybridized carbons (Fsp3) is 0.375. The Morgan fingerprint density at radius 1 is 1.29 bits per heavy atom. The topological polar surface area (TPSA) is 82.6 Å². The highest BCUT2D eigenvalue weighted by Gasteiger charge is 2.39. The molecule has 0 unspecified atom stereocenters. The van der Waals surface area contributed by atoms with Crippen molar-refractivity contribution in [3.05, 3.63) is 45.7 Å². The summed E-state index contributed by atoms with van der Waals surface area (Å²) in [7, 11) is 1.27. The Bertz CT molecular complexity index is 1020. The van der Waals surface area contributed by atoms with Gasteiger partial charge in [-0.05, 0) is 29.8 Å². The lowest BCUT2D eigenvalue weighted by molar-refractivity contribution is -0.142. The number of anilines is 1. The first-order valence-corrected chi connectivity index (χ1v) is 9.05. The maximum Gasteiger partial charge on any atom is 0.436 e. The van der Waals surface area contributed by atoms with Gasteiger partial charge in [-0.15, -0.1) is 0 Å². The standard InChI is InChI=1S/C16H17BrF3N7O/c1-4-27-9(2)10(5-22-27)7-26-8-11(6-21-26)23-15(28)13-12(17)14(16(18,19)20)24-25(13)3/h5-6,8H,4,7H2,1-3H3,(H,23,28). The van der Waals surface area contributed by atoms with Crippen LogP contribution in [0.3, 0.4) is 0 Å². The number of halogens is 4. The molecule has 0 atom stereocenters. The van der Waals surface area contributed by atoms with Gasteiger partial charge in [-0.25, -0.2) is 0 Å². The third kappa shape index (κ3) is 3.81. The Kier molecular flexibility index (Phi) is 5.33. The van der Waals surface area contributed by atoms with Crippen molar-refractivity contribution in [2.45, 2.75) is 33.1 Å². The third-order valence-corrected chi connectivity index (χ3v) is 4.95. The van der Waals surface area contributed by atoms with Crippen molar-refractivity contribution < 1.29 is 18.0 Å². The van der Waals surface area contributed by atoms with Crippen molar-refractivity contribution in [1.82, 2.24) is 29.3 Å². The lowest BCUT2D eigenvalue weighted by Gasteiger charge is -2.04. The fourth-order valence-electron chi connectivity index (χ4n) is 2.76. The molecule has 0 aliphatic rings. The summed E-state index contributed by atoms with van der Waals surface area (Å²) in [4.78, 5) is 12.4. The molecule has 0 bridgehead atoms. The molecule has 1 amide bonds. The van der Waals surface area contributed by atoms with Crippen LogP contribution >= 0.6 is 15.9 Å². The van der Waals surface area contributed by atoms with E-state index < -0.39 is 22.3 Å². The van der Waals surface area contributed by atoms with Crippen molar-refractivity contribution in [3.63, 3.8) is 0 Å². The number of aromatic nitrogens is 6. The number of carbonyl (C=O) groups is 1. The highest BCUT2D eigenvalue weighted by Crippen LogP contribution is 2.35. The second-order valence-electron chi connectivity index (χ2n) is 6.08. The molecular formula is C16H17BrF3N7O. The highest BCUT2D eigenvalue weighted by atomic mass is 79.9. The van der Waals surface area contributed by atoms with Gasteiger partial charge >= 0.3 is 6.18 Å². The maximum atomic E-state index is 12.9. The number of carbonyl (C=O) groups excluding carboxylic acids is 1. The van der Waals surface area contributed by atoms with Crippen LogP contribution in [0.5, 0.6) is 0 Å². The second-order valence-corrected chi connectivity index (χ2v) is 6.88. The lowest BCUT2D eigenvalue weighted by atomic mass is 10.2. The average molecular weight is 460 g/mol. The molecule has 8 nitrogen and oxygen atoms in total. The van der Waals surface area contributed by atoms with E-state index in [1.165, 1.54) is 13.2 Å². The molecule has 12 heteroatoms. The predicted molar refractivity (Wildman–Crippen MR) is 97.8 cm³/mol. The number of aryl methyl sites for hydroxylation is 2. The summed E-state index contributed by atoms with van der Waals surface area (Å²) in [5, 5.41) is 14.4. The van der Waals surface area contributed by atoms with Crippen molar-refractivity contribution >= 4 is 27.5 Å². The van der Waals surface area contributed by atoms with Gasteiger partial charge in [-0.3, -0.25) is 18.8 Å². The van der Waals surface area contributed by atoms with Gasteiger partial charge in [-0.1, -0.05) is 0 Å². The number of rotatable bonds is 5. The summed E-state index contributed by atoms with van der Waals surface area (Å²) in [6.07, 6.45) is 0.104. The minimum Gasteiger partial charge on any atom is -0.318 e. The van der Waals surface area contributed by atoms with E-state index in [2.05, 4.69) is 36.5 Å². The summed E-state index contributed by atoms with van der Waals surface area (Å²) in [6, 6.07) is 0. The largest absolute Gasteiger partial charge is 0.436 e. The van der Waals surface area contributed by atoms with E-state index in [1.807, 2.05) is 18.5 Å². The molecular weight excluding hydrogens is 443 g/mol. The van der Waals surface area contributed by atoms with Crippen LogP contribution in [0.1, 0.15) is 34.4 Å². The Morgan fingerprint density at radius 2 is 2.00 bits per heavy atom. The average Bonchev–Trinajstić information content (AvgIpc) is 3.27. The first kappa shape index (κ1) is 20.1. The summed E-state index contributed by atoms with van der Waals surface area (Å²) in [5.41, 5.74) is 0.959. The minimum atomic E-state index is -4.67. The fourth-order valence-corrected chi connectivity index (χ4v) is 3.51. The predicted octanol–water partition coefficient (Wildman–Crippen LogP) is 3.22. The van der Waals surface area contributed by atoms with Crippen molar-refractivity contribution in [3.8, 4) is 0 Å². The number of alkyl halides is 3. The van der Waals surface area contributed by atoms with E-state index in [-0.39, 0.29) is 5.69 Å². The Labute approximate surface area is 166 Å². The van der Waals surface area contributed by atoms with E-state index in [1.54, 1.807) is 17.1 Å². The molecule has 3 aromatic rings. The molecule has 0 radical (unpaired) electrons. The van der Waals surface area contributed by atoms with E-state index in [4.69, 9.17) is 0 Å². The van der Waals surface area contributed by atoms with Crippen LogP contribution in [0, 0.1) is 6.92 Å². The molecule has 0 aliphatic heterocycles. The monoisotopic (exact) mass is 459 g/mol. The molecule has 0 saturated carbocycles. The number of amides is 1. The van der Waals surface area contributed by atoms with Gasteiger partial charge in [0.05, 0.1) is 29.1 Å². The Morgan fingerprint density at radius 3 is 2.57 bits per heavy atom. The van der Waals surface area contributed by atoms with Crippen LogP contribution in [0.15, 0.2) is 23.1 Å². The first-order valence-electron chi connectivity index (χ1n) is 8.26. The first-order chi connectivity index (χ1) is 13.1. The van der Waals surface area contributed by atoms with Gasteiger partial charge in [0.2, 0.25) is 0 Å². The number of hydrogen-bond acceptors (Lipinski definition) is 4. The maximum absolute atomic E-state index is 12.9. The summed E-state index contributed by atoms with van der Waals surface area (Å²) in [6.45, 7) is 5.16. The highest BCUT2D eigenvalue weighted by molar-refractivity contribution is 9.10. The Balaban J connectivity index is 1.76. The Hall–Kier alpha value is -2.63. The van der Waals surface area contributed by atoms with Crippen LogP contribution in [0.4, 0.5) is 18.9 Å². The molecule has 0 spiro atoms. The molecule has 3 aromatic heterocycles. The van der Waals surface area contributed by atoms with E-state index in [0.717, 1.165) is 22.5 Å². The SMILES string of the molecule is CCn1ncc(Cn2cc(NC(=O)c3c(Br)c(C(F)(F)F)nn3C)cn2)c1C. The smallest absolute Gasteiger partial charge is 0.318 e. The number of nitrogens with zero attached hydrogens (tertiary/aromatic N) is 6. The van der Waals surface area contributed by atoms with Crippen molar-refractivity contribution in [2.75, 3.05) is 5.32 Å². The lowest BCUT2D eigenvalue weighted by Crippen LogP contribution is -2.16. The third-order valence-electron chi connectivity index (χ3n) is 4.20. The van der Waals surface area contributed by atoms with Crippen molar-refractivity contribution in [1.29, 1.82) is 0 Å². The second kappa shape index (κ2) is 7.41. The summed E-state index contributed by atoms with van der Waals surface area (Å²) >= 11 is 2.82. The molecule has 28 heavy (non-hydrogen) atoms. The molecule has 3 rings (SSSR count). The summed E-state index contributed by atoms with van der Waals surface area (Å²) in [5.74, 6) is -0.730. The molecule has 1 N–H and O–H groups in total. The van der Waals surface area contributed by atoms with Gasteiger partial charge in [0, 0.05) is 31.0 Å².